The number of nitrogens with one attached hydrogen (secondary N) is 2. The molecule has 3 rings (SSSR count). The van der Waals surface area contributed by atoms with Gasteiger partial charge >= 0.3 is 6.09 Å². The largest absolute Gasteiger partial charge is 0.444 e. The van der Waals surface area contributed by atoms with Crippen LogP contribution in [0.1, 0.15) is 12.0 Å². The number of anilines is 1. The molecule has 12 heteroatoms. The van der Waals surface area contributed by atoms with Crippen LogP contribution >= 0.6 is 0 Å². The van der Waals surface area contributed by atoms with Crippen molar-refractivity contribution in [3.8, 4) is 11.1 Å². The summed E-state index contributed by atoms with van der Waals surface area (Å²) in [6, 6.07) is 4.70. The number of hydrogen-bond acceptors (Lipinski definition) is 8. The van der Waals surface area contributed by atoms with Crippen LogP contribution < -0.4 is 16.0 Å². The molecule has 0 saturated carbocycles. The molecule has 1 saturated heterocycles. The fourth-order valence-electron chi connectivity index (χ4n) is 3.33. The maximum absolute atomic E-state index is 14.9. The van der Waals surface area contributed by atoms with Crippen LogP contribution in [0.5, 0.6) is 0 Å². The van der Waals surface area contributed by atoms with Crippen LogP contribution in [0, 0.1) is 11.2 Å². The van der Waals surface area contributed by atoms with Crippen molar-refractivity contribution in [2.75, 3.05) is 44.8 Å². The lowest BCUT2D eigenvalue weighted by molar-refractivity contribution is -0.132. The molecule has 1 fully saturated rings. The van der Waals surface area contributed by atoms with Gasteiger partial charge < -0.3 is 25.0 Å². The Kier molecular flexibility index (Phi) is 8.08. The lowest BCUT2D eigenvalue weighted by Crippen LogP contribution is -2.49. The van der Waals surface area contributed by atoms with Crippen LogP contribution in [0.15, 0.2) is 30.6 Å². The van der Waals surface area contributed by atoms with E-state index in [1.54, 1.807) is 24.1 Å². The molecule has 0 radical (unpaired) electrons. The molecule has 0 atom stereocenters. The summed E-state index contributed by atoms with van der Waals surface area (Å²) in [4.78, 5) is 36.1. The summed E-state index contributed by atoms with van der Waals surface area (Å²) in [5, 5.41) is 8.95. The maximum atomic E-state index is 14.9. The fraction of sp³-hybridized carbons (Fsp3) is 0.381. The van der Waals surface area contributed by atoms with E-state index in [1.165, 1.54) is 18.5 Å². The lowest BCUT2D eigenvalue weighted by atomic mass is 10.1. The topological polar surface area (TPSA) is 147 Å². The fourth-order valence-corrected chi connectivity index (χ4v) is 3.33. The van der Waals surface area contributed by atoms with Crippen molar-refractivity contribution in [1.29, 1.82) is 5.41 Å². The molecule has 176 valence electrons. The van der Waals surface area contributed by atoms with Gasteiger partial charge in [-0.2, -0.15) is 0 Å². The first-order valence-corrected chi connectivity index (χ1v) is 10.3. The van der Waals surface area contributed by atoms with Gasteiger partial charge in [0.15, 0.2) is 5.96 Å². The van der Waals surface area contributed by atoms with Crippen molar-refractivity contribution in [2.45, 2.75) is 13.0 Å². The Morgan fingerprint density at radius 2 is 1.91 bits per heavy atom. The van der Waals surface area contributed by atoms with Gasteiger partial charge in [-0.15, -0.1) is 0 Å². The third kappa shape index (κ3) is 6.35. The number of nitrogens with two attached hydrogens (primary N) is 1. The minimum atomic E-state index is -0.944. The monoisotopic (exact) mass is 459 g/mol. The number of halogens is 1. The molecule has 1 aromatic carbocycles. The Morgan fingerprint density at radius 1 is 1.21 bits per heavy atom. The highest BCUT2D eigenvalue weighted by molar-refractivity contribution is 5.90. The number of piperazine rings is 1. The molecular weight excluding hydrogens is 433 g/mol. The van der Waals surface area contributed by atoms with Crippen LogP contribution in [0.3, 0.4) is 0 Å². The van der Waals surface area contributed by atoms with Crippen LogP contribution in [0.4, 0.5) is 15.1 Å². The quantitative estimate of drug-likeness (QED) is 0.412. The normalized spacial score (nSPS) is 13.5. The molecule has 1 aliphatic rings. The van der Waals surface area contributed by atoms with E-state index in [9.17, 15) is 14.0 Å². The number of amides is 2. The minimum absolute atomic E-state index is 0.0610. The zero-order valence-electron chi connectivity index (χ0n) is 18.2. The van der Waals surface area contributed by atoms with Gasteiger partial charge in [0.2, 0.25) is 11.9 Å². The molecule has 4 N–H and O–H groups in total. The molecular formula is C21H26FN7O4. The third-order valence-corrected chi connectivity index (χ3v) is 5.06. The summed E-state index contributed by atoms with van der Waals surface area (Å²) in [6.07, 6.45) is 2.48. The van der Waals surface area contributed by atoms with Crippen molar-refractivity contribution in [1.82, 2.24) is 20.2 Å². The second-order valence-electron chi connectivity index (χ2n) is 7.28. The summed E-state index contributed by atoms with van der Waals surface area (Å²) in [6.45, 7) is 2.41. The molecule has 0 aliphatic carbocycles. The average molecular weight is 459 g/mol. The van der Waals surface area contributed by atoms with E-state index in [0.29, 0.717) is 50.7 Å². The number of carbonyl (C=O) groups is 2. The number of methoxy groups -OCH3 is 1. The molecule has 2 amide bonds. The van der Waals surface area contributed by atoms with Gasteiger partial charge in [0.25, 0.3) is 0 Å². The second kappa shape index (κ2) is 11.2. The molecule has 0 unspecified atom stereocenters. The summed E-state index contributed by atoms with van der Waals surface area (Å²) >= 11 is 0. The average Bonchev–Trinajstić information content (AvgIpc) is 2.82. The zero-order chi connectivity index (χ0) is 23.8. The predicted molar refractivity (Wildman–Crippen MR) is 118 cm³/mol. The Hall–Kier alpha value is -3.80. The summed E-state index contributed by atoms with van der Waals surface area (Å²) in [5.41, 5.74) is 5.95. The Labute approximate surface area is 190 Å². The first-order chi connectivity index (χ1) is 15.9. The second-order valence-corrected chi connectivity index (χ2v) is 7.28. The number of benzene rings is 1. The smallest absolute Gasteiger partial charge is 0.414 e. The highest BCUT2D eigenvalue weighted by Crippen LogP contribution is 2.25. The minimum Gasteiger partial charge on any atom is -0.444 e. The Morgan fingerprint density at radius 3 is 2.55 bits per heavy atom. The van der Waals surface area contributed by atoms with Crippen LogP contribution in [0.2, 0.25) is 0 Å². The standard InChI is InChI=1S/C21H26FN7O4/c1-32-10-5-17(30)28-6-8-29(9-7-28)20-25-11-15(12-26-20)16-4-2-3-14(18(16)22)13-33-21(31)27-19(23)24/h2-4,11-12H,5-10,13H2,1H3,(H4,23,24,27,31). The Balaban J connectivity index is 1.62. The van der Waals surface area contributed by atoms with Gasteiger partial charge in [-0.05, 0) is 0 Å². The molecule has 0 bridgehead atoms. The van der Waals surface area contributed by atoms with Crippen LogP contribution in [0.25, 0.3) is 11.1 Å². The van der Waals surface area contributed by atoms with E-state index in [4.69, 9.17) is 20.6 Å². The number of ether oxygens (including phenoxy) is 2. The van der Waals surface area contributed by atoms with Crippen molar-refractivity contribution in [3.63, 3.8) is 0 Å². The first-order valence-electron chi connectivity index (χ1n) is 10.3. The van der Waals surface area contributed by atoms with Gasteiger partial charge in [-0.3, -0.25) is 15.5 Å². The summed E-state index contributed by atoms with van der Waals surface area (Å²) in [5.74, 6) is -0.562. The highest BCUT2D eigenvalue weighted by Gasteiger charge is 2.22. The van der Waals surface area contributed by atoms with E-state index in [-0.39, 0.29) is 23.6 Å². The Bertz CT molecular complexity index is 995. The number of hydrogen-bond donors (Lipinski definition) is 3. The molecule has 2 heterocycles. The van der Waals surface area contributed by atoms with Crippen molar-refractivity contribution >= 4 is 23.9 Å². The van der Waals surface area contributed by atoms with Crippen LogP contribution in [-0.2, 0) is 20.9 Å². The van der Waals surface area contributed by atoms with Gasteiger partial charge in [0.1, 0.15) is 12.4 Å². The summed E-state index contributed by atoms with van der Waals surface area (Å²) < 4.78 is 24.8. The number of aromatic nitrogens is 2. The van der Waals surface area contributed by atoms with Crippen LogP contribution in [-0.4, -0.2) is 72.7 Å². The molecule has 33 heavy (non-hydrogen) atoms. The van der Waals surface area contributed by atoms with Crippen molar-refractivity contribution in [2.24, 2.45) is 5.73 Å². The number of alkyl carbamates (subject to hydrolysis) is 1. The molecule has 11 nitrogen and oxygen atoms in total. The van der Waals surface area contributed by atoms with Gasteiger partial charge in [0.05, 0.1) is 13.0 Å². The maximum Gasteiger partial charge on any atom is 0.414 e. The predicted octanol–water partition coefficient (Wildman–Crippen LogP) is 1.09. The van der Waals surface area contributed by atoms with E-state index >= 15 is 0 Å². The van der Waals surface area contributed by atoms with E-state index in [1.807, 2.05) is 10.2 Å². The molecule has 1 aliphatic heterocycles. The molecule has 0 spiro atoms. The van der Waals surface area contributed by atoms with E-state index in [2.05, 4.69) is 9.97 Å². The summed E-state index contributed by atoms with van der Waals surface area (Å²) in [7, 11) is 1.57. The lowest BCUT2D eigenvalue weighted by Gasteiger charge is -2.34. The van der Waals surface area contributed by atoms with Crippen molar-refractivity contribution in [3.05, 3.63) is 42.0 Å². The van der Waals surface area contributed by atoms with E-state index < -0.39 is 17.9 Å². The van der Waals surface area contributed by atoms with Gasteiger partial charge in [-0.1, -0.05) is 18.2 Å². The zero-order valence-corrected chi connectivity index (χ0v) is 18.2. The molecule has 2 aromatic rings. The van der Waals surface area contributed by atoms with E-state index in [0.717, 1.165) is 0 Å². The van der Waals surface area contributed by atoms with Gasteiger partial charge in [0, 0.05) is 62.4 Å². The number of carbonyl (C=O) groups excluding carboxylic acids is 2. The molecule has 1 aromatic heterocycles. The SMILES string of the molecule is COCCC(=O)N1CCN(c2ncc(-c3cccc(COC(=O)NC(=N)N)c3F)cn2)CC1. The number of rotatable bonds is 7. The van der Waals surface area contributed by atoms with Crippen molar-refractivity contribution < 1.29 is 23.5 Å². The van der Waals surface area contributed by atoms with Gasteiger partial charge in [-0.25, -0.2) is 19.2 Å². The number of nitrogens with zero attached hydrogens (tertiary/aromatic N) is 4. The highest BCUT2D eigenvalue weighted by atomic mass is 19.1. The number of guanidine groups is 1. The third-order valence-electron chi connectivity index (χ3n) is 5.06. The first kappa shape index (κ1) is 23.9.